The highest BCUT2D eigenvalue weighted by Gasteiger charge is 2.35. The third kappa shape index (κ3) is 4.33. The van der Waals surface area contributed by atoms with E-state index < -0.39 is 5.92 Å². The molecule has 2 N–H and O–H groups in total. The van der Waals surface area contributed by atoms with E-state index in [1.54, 1.807) is 25.3 Å². The standard InChI is InChI=1S/C23H22ClN3O2S/c1-4-30-23-16(13-25)21(15-9-5-6-10-17(15)24)20(14(2)26-23)22(28)27-18-11-7-8-12-19(18)29-3/h5-12,21,26H,4H2,1-3H3,(H,27,28). The molecule has 1 heterocycles. The van der Waals surface area contributed by atoms with Crippen LogP contribution < -0.4 is 15.4 Å². The molecule has 0 spiro atoms. The second kappa shape index (κ2) is 9.75. The van der Waals surface area contributed by atoms with Crippen LogP contribution in [0.3, 0.4) is 0 Å². The molecule has 0 radical (unpaired) electrons. The highest BCUT2D eigenvalue weighted by Crippen LogP contribution is 2.43. The van der Waals surface area contributed by atoms with Gasteiger partial charge in [0, 0.05) is 16.3 Å². The number of halogens is 1. The van der Waals surface area contributed by atoms with Crippen LogP contribution in [0, 0.1) is 11.3 Å². The number of thioether (sulfide) groups is 1. The van der Waals surface area contributed by atoms with Crippen LogP contribution in [-0.4, -0.2) is 18.8 Å². The quantitative estimate of drug-likeness (QED) is 0.627. The van der Waals surface area contributed by atoms with Crippen LogP contribution in [0.15, 0.2) is 70.4 Å². The first-order valence-corrected chi connectivity index (χ1v) is 10.8. The number of anilines is 1. The number of amides is 1. The molecule has 7 heteroatoms. The number of nitrogens with zero attached hydrogens (tertiary/aromatic N) is 1. The Bertz CT molecular complexity index is 1070. The number of nitrogens with one attached hydrogen (secondary N) is 2. The fourth-order valence-electron chi connectivity index (χ4n) is 3.43. The molecule has 1 unspecified atom stereocenters. The van der Waals surface area contributed by atoms with E-state index in [4.69, 9.17) is 16.3 Å². The maximum Gasteiger partial charge on any atom is 0.254 e. The topological polar surface area (TPSA) is 74.2 Å². The molecule has 5 nitrogen and oxygen atoms in total. The highest BCUT2D eigenvalue weighted by molar-refractivity contribution is 8.03. The van der Waals surface area contributed by atoms with E-state index in [-0.39, 0.29) is 5.91 Å². The minimum atomic E-state index is -0.575. The van der Waals surface area contributed by atoms with Crippen molar-refractivity contribution in [2.75, 3.05) is 18.2 Å². The van der Waals surface area contributed by atoms with Crippen LogP contribution in [0.5, 0.6) is 5.75 Å². The van der Waals surface area contributed by atoms with Gasteiger partial charge in [0.15, 0.2) is 0 Å². The van der Waals surface area contributed by atoms with Crippen molar-refractivity contribution in [3.8, 4) is 11.8 Å². The van der Waals surface area contributed by atoms with Crippen LogP contribution in [0.2, 0.25) is 5.02 Å². The zero-order chi connectivity index (χ0) is 21.7. The summed E-state index contributed by atoms with van der Waals surface area (Å²) in [6, 6.07) is 16.8. The van der Waals surface area contributed by atoms with E-state index in [1.807, 2.05) is 44.2 Å². The van der Waals surface area contributed by atoms with Crippen LogP contribution >= 0.6 is 23.4 Å². The lowest BCUT2D eigenvalue weighted by Crippen LogP contribution is -2.31. The maximum atomic E-state index is 13.4. The summed E-state index contributed by atoms with van der Waals surface area (Å²) in [6.45, 7) is 3.85. The Morgan fingerprint density at radius 3 is 2.63 bits per heavy atom. The summed E-state index contributed by atoms with van der Waals surface area (Å²) in [4.78, 5) is 13.4. The summed E-state index contributed by atoms with van der Waals surface area (Å²) >= 11 is 8.03. The number of carbonyl (C=O) groups is 1. The molecule has 0 saturated heterocycles. The smallest absolute Gasteiger partial charge is 0.254 e. The molecular formula is C23H22ClN3O2S. The normalized spacial score (nSPS) is 16.0. The van der Waals surface area contributed by atoms with Gasteiger partial charge in [-0.1, -0.05) is 48.9 Å². The summed E-state index contributed by atoms with van der Waals surface area (Å²) in [7, 11) is 1.55. The van der Waals surface area contributed by atoms with Crippen molar-refractivity contribution in [3.63, 3.8) is 0 Å². The Morgan fingerprint density at radius 2 is 1.97 bits per heavy atom. The lowest BCUT2D eigenvalue weighted by molar-refractivity contribution is -0.113. The van der Waals surface area contributed by atoms with Gasteiger partial charge in [-0.2, -0.15) is 5.26 Å². The molecule has 0 bridgehead atoms. The third-order valence-corrected chi connectivity index (χ3v) is 6.00. The molecule has 2 aromatic carbocycles. The van der Waals surface area contributed by atoms with Gasteiger partial charge in [-0.25, -0.2) is 0 Å². The van der Waals surface area contributed by atoms with Gasteiger partial charge in [0.05, 0.1) is 35.4 Å². The molecule has 0 aliphatic carbocycles. The van der Waals surface area contributed by atoms with E-state index in [9.17, 15) is 10.1 Å². The molecule has 0 aromatic heterocycles. The Hall–Kier alpha value is -2.88. The number of hydrogen-bond donors (Lipinski definition) is 2. The SMILES string of the molecule is CCSC1=C(C#N)C(c2ccccc2Cl)C(C(=O)Nc2ccccc2OC)=C(C)N1. The molecule has 154 valence electrons. The first-order chi connectivity index (χ1) is 14.5. The van der Waals surface area contributed by atoms with E-state index in [1.165, 1.54) is 11.8 Å². The fourth-order valence-corrected chi connectivity index (χ4v) is 4.51. The van der Waals surface area contributed by atoms with Gasteiger partial charge in [-0.15, -0.1) is 11.8 Å². The number of nitriles is 1. The molecule has 3 rings (SSSR count). The number of ether oxygens (including phenoxy) is 1. The zero-order valence-electron chi connectivity index (χ0n) is 17.0. The third-order valence-electron chi connectivity index (χ3n) is 4.75. The first-order valence-electron chi connectivity index (χ1n) is 9.45. The second-order valence-electron chi connectivity index (χ2n) is 6.56. The van der Waals surface area contributed by atoms with Gasteiger partial charge in [0.1, 0.15) is 5.75 Å². The molecular weight excluding hydrogens is 418 g/mol. The molecule has 2 aromatic rings. The Morgan fingerprint density at radius 1 is 1.27 bits per heavy atom. The monoisotopic (exact) mass is 439 g/mol. The second-order valence-corrected chi connectivity index (χ2v) is 8.24. The van der Waals surface area contributed by atoms with Crippen molar-refractivity contribution in [3.05, 3.63) is 81.0 Å². The minimum Gasteiger partial charge on any atom is -0.495 e. The Kier molecular flexibility index (Phi) is 7.09. The number of carbonyl (C=O) groups excluding carboxylic acids is 1. The molecule has 0 saturated carbocycles. The summed E-state index contributed by atoms with van der Waals surface area (Å²) in [5.74, 6) is 0.454. The van der Waals surface area contributed by atoms with Gasteiger partial charge < -0.3 is 15.4 Å². The highest BCUT2D eigenvalue weighted by atomic mass is 35.5. The predicted octanol–water partition coefficient (Wildman–Crippen LogP) is 5.44. The zero-order valence-corrected chi connectivity index (χ0v) is 18.5. The summed E-state index contributed by atoms with van der Waals surface area (Å²) < 4.78 is 5.35. The molecule has 1 atom stereocenters. The fraction of sp³-hybridized carbons (Fsp3) is 0.217. The van der Waals surface area contributed by atoms with Crippen molar-refractivity contribution in [1.29, 1.82) is 5.26 Å². The number of allylic oxidation sites excluding steroid dienone is 2. The number of dihydropyridines is 1. The summed E-state index contributed by atoms with van der Waals surface area (Å²) in [6.07, 6.45) is 0. The van der Waals surface area contributed by atoms with E-state index in [0.29, 0.717) is 33.3 Å². The van der Waals surface area contributed by atoms with E-state index in [2.05, 4.69) is 16.7 Å². The number of methoxy groups -OCH3 is 1. The van der Waals surface area contributed by atoms with Gasteiger partial charge in [0.2, 0.25) is 0 Å². The lowest BCUT2D eigenvalue weighted by atomic mass is 9.82. The van der Waals surface area contributed by atoms with Gasteiger partial charge in [-0.05, 0) is 36.4 Å². The van der Waals surface area contributed by atoms with Crippen LogP contribution in [-0.2, 0) is 4.79 Å². The molecule has 1 aliphatic rings. The van der Waals surface area contributed by atoms with Crippen LogP contribution in [0.25, 0.3) is 0 Å². The van der Waals surface area contributed by atoms with Gasteiger partial charge in [0.25, 0.3) is 5.91 Å². The summed E-state index contributed by atoms with van der Waals surface area (Å²) in [5.41, 5.74) is 2.88. The van der Waals surface area contributed by atoms with Crippen molar-refractivity contribution in [1.82, 2.24) is 5.32 Å². The molecule has 30 heavy (non-hydrogen) atoms. The number of rotatable bonds is 6. The number of hydrogen-bond acceptors (Lipinski definition) is 5. The van der Waals surface area contributed by atoms with Crippen molar-refractivity contribution < 1.29 is 9.53 Å². The molecule has 1 amide bonds. The van der Waals surface area contributed by atoms with Gasteiger partial charge in [-0.3, -0.25) is 4.79 Å². The summed E-state index contributed by atoms with van der Waals surface area (Å²) in [5, 5.41) is 17.4. The Balaban J connectivity index is 2.11. The average Bonchev–Trinajstić information content (AvgIpc) is 2.74. The largest absolute Gasteiger partial charge is 0.495 e. The van der Waals surface area contributed by atoms with Crippen LogP contribution in [0.1, 0.15) is 25.3 Å². The Labute approximate surface area is 185 Å². The van der Waals surface area contributed by atoms with E-state index in [0.717, 1.165) is 16.3 Å². The minimum absolute atomic E-state index is 0.317. The predicted molar refractivity (Wildman–Crippen MR) is 122 cm³/mol. The van der Waals surface area contributed by atoms with Crippen molar-refractivity contribution >= 4 is 35.0 Å². The first kappa shape index (κ1) is 21.8. The van der Waals surface area contributed by atoms with Crippen LogP contribution in [0.4, 0.5) is 5.69 Å². The lowest BCUT2D eigenvalue weighted by Gasteiger charge is -2.30. The molecule has 1 aliphatic heterocycles. The number of para-hydroxylation sites is 2. The molecule has 0 fully saturated rings. The maximum absolute atomic E-state index is 13.4. The van der Waals surface area contributed by atoms with Crippen molar-refractivity contribution in [2.45, 2.75) is 19.8 Å². The number of benzene rings is 2. The average molecular weight is 440 g/mol. The van der Waals surface area contributed by atoms with E-state index >= 15 is 0 Å². The van der Waals surface area contributed by atoms with Gasteiger partial charge >= 0.3 is 0 Å². The van der Waals surface area contributed by atoms with Crippen molar-refractivity contribution in [2.24, 2.45) is 0 Å².